The number of aryl methyl sites for hydroxylation is 1. The maximum atomic E-state index is 12.1. The van der Waals surface area contributed by atoms with E-state index < -0.39 is 0 Å². The number of carbonyl (C=O) groups excluding carboxylic acids is 1. The van der Waals surface area contributed by atoms with Gasteiger partial charge in [-0.3, -0.25) is 9.20 Å². The molecule has 0 aliphatic rings. The number of amides is 1. The van der Waals surface area contributed by atoms with Crippen molar-refractivity contribution in [3.05, 3.63) is 68.7 Å². The number of rotatable bonds is 6. The van der Waals surface area contributed by atoms with Gasteiger partial charge in [-0.25, -0.2) is 9.97 Å². The van der Waals surface area contributed by atoms with Gasteiger partial charge in [-0.1, -0.05) is 35.9 Å². The molecule has 0 radical (unpaired) electrons. The summed E-state index contributed by atoms with van der Waals surface area (Å²) in [5.74, 6) is -0.157. The summed E-state index contributed by atoms with van der Waals surface area (Å²) in [7, 11) is 0. The fourth-order valence-electron chi connectivity index (χ4n) is 2.81. The fourth-order valence-corrected chi connectivity index (χ4v) is 4.44. The van der Waals surface area contributed by atoms with E-state index in [0.29, 0.717) is 17.4 Å². The summed E-state index contributed by atoms with van der Waals surface area (Å²) in [5, 5.41) is 8.35. The van der Waals surface area contributed by atoms with Crippen LogP contribution in [0.25, 0.3) is 22.3 Å². The molecule has 0 aliphatic carbocycles. The second kappa shape index (κ2) is 8.26. The first kappa shape index (κ1) is 18.9. The Morgan fingerprint density at radius 2 is 2.07 bits per heavy atom. The van der Waals surface area contributed by atoms with Crippen LogP contribution in [0.1, 0.15) is 16.3 Å². The number of hydrogen-bond acceptors (Lipinski definition) is 5. The van der Waals surface area contributed by atoms with Crippen LogP contribution in [-0.4, -0.2) is 26.8 Å². The Bertz CT molecular complexity index is 1140. The molecule has 1 amide bonds. The number of hydrogen-bond donors (Lipinski definition) is 1. The highest BCUT2D eigenvalue weighted by atomic mass is 35.5. The third-order valence-electron chi connectivity index (χ3n) is 4.23. The molecule has 3 aromatic heterocycles. The molecule has 0 spiro atoms. The zero-order valence-corrected chi connectivity index (χ0v) is 17.4. The Morgan fingerprint density at radius 1 is 1.25 bits per heavy atom. The van der Waals surface area contributed by atoms with Crippen LogP contribution in [0, 0.1) is 6.92 Å². The van der Waals surface area contributed by atoms with Crippen molar-refractivity contribution in [2.45, 2.75) is 13.3 Å². The highest BCUT2D eigenvalue weighted by Gasteiger charge is 2.08. The van der Waals surface area contributed by atoms with Crippen LogP contribution in [0.2, 0.25) is 5.15 Å². The summed E-state index contributed by atoms with van der Waals surface area (Å²) in [6.07, 6.45) is 5.82. The second-order valence-corrected chi connectivity index (χ2v) is 8.46. The van der Waals surface area contributed by atoms with E-state index in [1.807, 2.05) is 22.9 Å². The van der Waals surface area contributed by atoms with Gasteiger partial charge in [0.1, 0.15) is 0 Å². The van der Waals surface area contributed by atoms with E-state index >= 15 is 0 Å². The molecule has 28 heavy (non-hydrogen) atoms. The Kier molecular flexibility index (Phi) is 5.57. The lowest BCUT2D eigenvalue weighted by atomic mass is 10.1. The Hall–Kier alpha value is -2.48. The van der Waals surface area contributed by atoms with E-state index in [9.17, 15) is 4.79 Å². The molecule has 0 unspecified atom stereocenters. The number of nitrogens with zero attached hydrogens (tertiary/aromatic N) is 3. The first-order valence-electron chi connectivity index (χ1n) is 8.68. The van der Waals surface area contributed by atoms with Crippen molar-refractivity contribution in [2.75, 3.05) is 6.54 Å². The van der Waals surface area contributed by atoms with Gasteiger partial charge in [0.15, 0.2) is 10.1 Å². The molecule has 142 valence electrons. The maximum Gasteiger partial charge on any atom is 0.244 e. The number of halogens is 1. The molecule has 4 aromatic rings. The molecule has 4 rings (SSSR count). The summed E-state index contributed by atoms with van der Waals surface area (Å²) in [6, 6.07) is 8.29. The predicted octanol–water partition coefficient (Wildman–Crippen LogP) is 4.85. The number of thiazole rings is 2. The molecule has 3 heterocycles. The van der Waals surface area contributed by atoms with Crippen LogP contribution >= 0.6 is 34.3 Å². The van der Waals surface area contributed by atoms with Crippen molar-refractivity contribution in [3.8, 4) is 11.3 Å². The smallest absolute Gasteiger partial charge is 0.244 e. The topological polar surface area (TPSA) is 59.3 Å². The number of fused-ring (bicyclic) bond motifs is 1. The van der Waals surface area contributed by atoms with Gasteiger partial charge in [-0.2, -0.15) is 0 Å². The lowest BCUT2D eigenvalue weighted by molar-refractivity contribution is -0.116. The molecule has 8 heteroatoms. The minimum Gasteiger partial charge on any atom is -0.352 e. The van der Waals surface area contributed by atoms with Gasteiger partial charge in [-0.15, -0.1) is 22.7 Å². The van der Waals surface area contributed by atoms with Gasteiger partial charge in [0.2, 0.25) is 5.91 Å². The van der Waals surface area contributed by atoms with E-state index in [1.165, 1.54) is 23.0 Å². The number of nitrogens with one attached hydrogen (secondary N) is 1. The van der Waals surface area contributed by atoms with Crippen LogP contribution in [0.4, 0.5) is 0 Å². The molecular weight excluding hydrogens is 412 g/mol. The molecular formula is C20H17ClN4OS2. The van der Waals surface area contributed by atoms with Crippen molar-refractivity contribution in [3.63, 3.8) is 0 Å². The minimum atomic E-state index is -0.157. The zero-order valence-electron chi connectivity index (χ0n) is 15.1. The molecule has 0 saturated carbocycles. The number of benzene rings is 1. The SMILES string of the molecule is Cc1nc(-c2ccc(CCNC(=O)/C=C/c3c(Cl)nc4sccn34)cc2)cs1. The van der Waals surface area contributed by atoms with Crippen LogP contribution in [0.5, 0.6) is 0 Å². The van der Waals surface area contributed by atoms with Gasteiger partial charge in [-0.05, 0) is 25.0 Å². The number of imidazole rings is 1. The molecule has 0 atom stereocenters. The van der Waals surface area contributed by atoms with Crippen LogP contribution in [0.3, 0.4) is 0 Å². The van der Waals surface area contributed by atoms with Gasteiger partial charge >= 0.3 is 0 Å². The number of carbonyl (C=O) groups is 1. The normalized spacial score (nSPS) is 11.5. The summed E-state index contributed by atoms with van der Waals surface area (Å²) < 4.78 is 1.86. The van der Waals surface area contributed by atoms with Crippen molar-refractivity contribution in [2.24, 2.45) is 0 Å². The molecule has 0 fully saturated rings. The summed E-state index contributed by atoms with van der Waals surface area (Å²) in [6.45, 7) is 2.57. The van der Waals surface area contributed by atoms with Crippen LogP contribution in [-0.2, 0) is 11.2 Å². The minimum absolute atomic E-state index is 0.157. The summed E-state index contributed by atoms with van der Waals surface area (Å²) in [5.41, 5.74) is 3.99. The van der Waals surface area contributed by atoms with Gasteiger partial charge < -0.3 is 5.32 Å². The molecule has 0 aliphatic heterocycles. The van der Waals surface area contributed by atoms with Crippen molar-refractivity contribution in [1.29, 1.82) is 0 Å². The summed E-state index contributed by atoms with van der Waals surface area (Å²) in [4.78, 5) is 21.6. The average Bonchev–Trinajstić information content (AvgIpc) is 3.37. The second-order valence-electron chi connectivity index (χ2n) is 6.17. The molecule has 1 N–H and O–H groups in total. The Labute approximate surface area is 175 Å². The fraction of sp³-hybridized carbons (Fsp3) is 0.150. The first-order valence-corrected chi connectivity index (χ1v) is 10.8. The largest absolute Gasteiger partial charge is 0.352 e. The first-order chi connectivity index (χ1) is 13.6. The van der Waals surface area contributed by atoms with Crippen molar-refractivity contribution in [1.82, 2.24) is 19.7 Å². The molecule has 5 nitrogen and oxygen atoms in total. The van der Waals surface area contributed by atoms with Gasteiger partial charge in [0.25, 0.3) is 0 Å². The molecule has 0 saturated heterocycles. The standard InChI is InChI=1S/C20H17ClN4OS2/c1-13-23-16(12-28-13)15-4-2-14(3-5-15)8-9-22-18(26)7-6-17-19(21)24-20-25(17)10-11-27-20/h2-7,10-12H,8-9H2,1H3,(H,22,26)/b7-6+. The van der Waals surface area contributed by atoms with E-state index in [-0.39, 0.29) is 5.91 Å². The third kappa shape index (κ3) is 4.16. The van der Waals surface area contributed by atoms with Crippen LogP contribution in [0.15, 0.2) is 47.3 Å². The third-order valence-corrected chi connectivity index (χ3v) is 6.04. The Balaban J connectivity index is 1.30. The number of aromatic nitrogens is 3. The zero-order chi connectivity index (χ0) is 19.5. The highest BCUT2D eigenvalue weighted by Crippen LogP contribution is 2.23. The van der Waals surface area contributed by atoms with Gasteiger partial charge in [0.05, 0.1) is 16.4 Å². The summed E-state index contributed by atoms with van der Waals surface area (Å²) >= 11 is 9.27. The highest BCUT2D eigenvalue weighted by molar-refractivity contribution is 7.15. The van der Waals surface area contributed by atoms with Crippen molar-refractivity contribution >= 4 is 51.2 Å². The van der Waals surface area contributed by atoms with E-state index in [4.69, 9.17) is 11.6 Å². The quantitative estimate of drug-likeness (QED) is 0.446. The van der Waals surface area contributed by atoms with E-state index in [0.717, 1.165) is 27.6 Å². The molecule has 1 aromatic carbocycles. The van der Waals surface area contributed by atoms with Crippen LogP contribution < -0.4 is 5.32 Å². The predicted molar refractivity (Wildman–Crippen MR) is 116 cm³/mol. The lowest BCUT2D eigenvalue weighted by Gasteiger charge is -2.04. The monoisotopic (exact) mass is 428 g/mol. The van der Waals surface area contributed by atoms with Gasteiger partial charge in [0, 0.05) is 35.1 Å². The average molecular weight is 429 g/mol. The van der Waals surface area contributed by atoms with E-state index in [1.54, 1.807) is 17.4 Å². The van der Waals surface area contributed by atoms with E-state index in [2.05, 4.69) is 44.9 Å². The lowest BCUT2D eigenvalue weighted by Crippen LogP contribution is -2.23. The Morgan fingerprint density at radius 3 is 2.82 bits per heavy atom. The van der Waals surface area contributed by atoms with Crippen molar-refractivity contribution < 1.29 is 4.79 Å². The molecule has 0 bridgehead atoms. The maximum absolute atomic E-state index is 12.1.